The number of anilines is 1. The molecule has 1 aromatic heterocycles. The Kier molecular flexibility index (Phi) is 5.22. The Bertz CT molecular complexity index is 1150. The number of ether oxygens (including phenoxy) is 1. The number of nitrogens with one attached hydrogen (secondary N) is 1. The lowest BCUT2D eigenvalue weighted by Gasteiger charge is -2.34. The number of imidazole rings is 1. The van der Waals surface area contributed by atoms with Gasteiger partial charge in [0.2, 0.25) is 5.91 Å². The van der Waals surface area contributed by atoms with Crippen LogP contribution in [0.3, 0.4) is 0 Å². The number of esters is 1. The molecular weight excluding hydrogens is 408 g/mol. The maximum Gasteiger partial charge on any atom is 0.337 e. The molecule has 2 aliphatic rings. The quantitative estimate of drug-likeness (QED) is 0.503. The summed E-state index contributed by atoms with van der Waals surface area (Å²) in [6, 6.07) is 13.9. The number of aromatic nitrogens is 2. The van der Waals surface area contributed by atoms with Crippen LogP contribution in [0.2, 0.25) is 0 Å². The van der Waals surface area contributed by atoms with Crippen molar-refractivity contribution in [3.8, 4) is 0 Å². The van der Waals surface area contributed by atoms with Crippen molar-refractivity contribution in [2.24, 2.45) is 0 Å². The third kappa shape index (κ3) is 3.56. The first-order valence-electron chi connectivity index (χ1n) is 10.8. The molecule has 0 aliphatic carbocycles. The second-order valence-electron chi connectivity index (χ2n) is 8.28. The third-order valence-corrected chi connectivity index (χ3v) is 6.43. The zero-order valence-corrected chi connectivity index (χ0v) is 17.8. The molecule has 8 heteroatoms. The molecule has 0 unspecified atom stereocenters. The van der Waals surface area contributed by atoms with Gasteiger partial charge in [-0.2, -0.15) is 0 Å². The Balaban J connectivity index is 1.26. The van der Waals surface area contributed by atoms with Crippen molar-refractivity contribution in [2.45, 2.75) is 31.2 Å². The summed E-state index contributed by atoms with van der Waals surface area (Å²) in [6.45, 7) is 1.47. The van der Waals surface area contributed by atoms with Gasteiger partial charge in [0.1, 0.15) is 5.82 Å². The van der Waals surface area contributed by atoms with Crippen molar-refractivity contribution in [2.75, 3.05) is 25.1 Å². The molecule has 2 fully saturated rings. The van der Waals surface area contributed by atoms with Crippen LogP contribution in [0.15, 0.2) is 48.5 Å². The minimum absolute atomic E-state index is 0.174. The van der Waals surface area contributed by atoms with Crippen LogP contribution in [0.4, 0.5) is 5.69 Å². The topological polar surface area (TPSA) is 95.6 Å². The summed E-state index contributed by atoms with van der Waals surface area (Å²) < 4.78 is 4.70. The average molecular weight is 432 g/mol. The van der Waals surface area contributed by atoms with Gasteiger partial charge in [0.05, 0.1) is 41.9 Å². The van der Waals surface area contributed by atoms with Crippen LogP contribution >= 0.6 is 0 Å². The average Bonchev–Trinajstić information content (AvgIpc) is 3.39. The highest BCUT2D eigenvalue weighted by Gasteiger charge is 2.43. The fraction of sp³-hybridized carbons (Fsp3) is 0.333. The molecule has 2 saturated heterocycles. The summed E-state index contributed by atoms with van der Waals surface area (Å²) in [4.78, 5) is 48.9. The van der Waals surface area contributed by atoms with Gasteiger partial charge in [-0.05, 0) is 62.3 Å². The number of likely N-dealkylation sites (tertiary alicyclic amines) is 1. The highest BCUT2D eigenvalue weighted by molar-refractivity contribution is 6.22. The first-order chi connectivity index (χ1) is 15.5. The van der Waals surface area contributed by atoms with Gasteiger partial charge in [-0.25, -0.2) is 14.7 Å². The van der Waals surface area contributed by atoms with Crippen LogP contribution in [0, 0.1) is 0 Å². The van der Waals surface area contributed by atoms with E-state index in [1.54, 1.807) is 24.3 Å². The highest BCUT2D eigenvalue weighted by Crippen LogP contribution is 2.32. The van der Waals surface area contributed by atoms with Crippen LogP contribution < -0.4 is 4.90 Å². The Morgan fingerprint density at radius 1 is 1.06 bits per heavy atom. The summed E-state index contributed by atoms with van der Waals surface area (Å²) >= 11 is 0. The van der Waals surface area contributed by atoms with Crippen molar-refractivity contribution in [3.05, 3.63) is 59.9 Å². The number of rotatable bonds is 4. The summed E-state index contributed by atoms with van der Waals surface area (Å²) in [5, 5.41) is 0. The Labute approximate surface area is 185 Å². The fourth-order valence-corrected chi connectivity index (χ4v) is 4.69. The van der Waals surface area contributed by atoms with Gasteiger partial charge in [0.15, 0.2) is 0 Å². The first kappa shape index (κ1) is 20.4. The molecule has 2 aliphatic heterocycles. The number of para-hydroxylation sites is 2. The number of nitrogens with zero attached hydrogens (tertiary/aromatic N) is 3. The number of piperidine rings is 1. The van der Waals surface area contributed by atoms with E-state index in [0.717, 1.165) is 42.8 Å². The van der Waals surface area contributed by atoms with Crippen molar-refractivity contribution in [1.82, 2.24) is 14.9 Å². The van der Waals surface area contributed by atoms with Crippen molar-refractivity contribution >= 4 is 34.5 Å². The lowest BCUT2D eigenvalue weighted by atomic mass is 9.95. The zero-order chi connectivity index (χ0) is 22.2. The molecule has 1 N–H and O–H groups in total. The number of benzene rings is 2. The number of methoxy groups -OCH3 is 1. The number of fused-ring (bicyclic) bond motifs is 1. The number of hydrogen-bond acceptors (Lipinski definition) is 6. The molecule has 2 amide bonds. The molecule has 3 heterocycles. The zero-order valence-electron chi connectivity index (χ0n) is 17.8. The van der Waals surface area contributed by atoms with E-state index < -0.39 is 12.0 Å². The van der Waals surface area contributed by atoms with E-state index in [1.165, 1.54) is 12.0 Å². The van der Waals surface area contributed by atoms with E-state index in [-0.39, 0.29) is 18.2 Å². The van der Waals surface area contributed by atoms with Gasteiger partial charge in [0, 0.05) is 5.92 Å². The second-order valence-corrected chi connectivity index (χ2v) is 8.28. The van der Waals surface area contributed by atoms with Crippen LogP contribution in [-0.2, 0) is 14.3 Å². The van der Waals surface area contributed by atoms with Crippen LogP contribution in [0.25, 0.3) is 11.0 Å². The standard InChI is InChI=1S/C24H24N4O4/c1-32-24(31)16-6-8-17(9-7-16)28-21(29)14-20(23(28)30)27-12-10-15(11-13-27)22-25-18-4-2-3-5-19(18)26-22/h2-9,15,20H,10-14H2,1H3,(H,25,26)/t20-/m0/s1. The molecule has 8 nitrogen and oxygen atoms in total. The molecular formula is C24H24N4O4. The van der Waals surface area contributed by atoms with E-state index >= 15 is 0 Å². The molecule has 3 aromatic rings. The van der Waals surface area contributed by atoms with Gasteiger partial charge in [-0.1, -0.05) is 12.1 Å². The van der Waals surface area contributed by atoms with Crippen molar-refractivity contribution < 1.29 is 19.1 Å². The molecule has 0 radical (unpaired) electrons. The lowest BCUT2D eigenvalue weighted by molar-refractivity contribution is -0.123. The molecule has 5 rings (SSSR count). The summed E-state index contributed by atoms with van der Waals surface area (Å²) in [5.74, 6) is 0.425. The smallest absolute Gasteiger partial charge is 0.337 e. The summed E-state index contributed by atoms with van der Waals surface area (Å²) in [7, 11) is 1.31. The SMILES string of the molecule is COC(=O)c1ccc(N2C(=O)C[C@H](N3CCC(c4nc5ccccc5[nH]4)CC3)C2=O)cc1. The molecule has 0 spiro atoms. The normalized spacial score (nSPS) is 20.3. The van der Waals surface area contributed by atoms with Crippen molar-refractivity contribution in [1.29, 1.82) is 0 Å². The number of amides is 2. The predicted octanol–water partition coefficient (Wildman–Crippen LogP) is 2.86. The van der Waals surface area contributed by atoms with E-state index in [2.05, 4.69) is 9.88 Å². The number of imide groups is 1. The number of H-pyrrole nitrogens is 1. The third-order valence-electron chi connectivity index (χ3n) is 6.43. The van der Waals surface area contributed by atoms with Gasteiger partial charge >= 0.3 is 5.97 Å². The Hall–Kier alpha value is -3.52. The first-order valence-corrected chi connectivity index (χ1v) is 10.8. The van der Waals surface area contributed by atoms with Gasteiger partial charge in [-0.3, -0.25) is 14.5 Å². The number of carbonyl (C=O) groups is 3. The number of carbonyl (C=O) groups excluding carboxylic acids is 3. The highest BCUT2D eigenvalue weighted by atomic mass is 16.5. The lowest BCUT2D eigenvalue weighted by Crippen LogP contribution is -2.45. The van der Waals surface area contributed by atoms with Gasteiger partial charge in [0.25, 0.3) is 5.91 Å². The molecule has 2 aromatic carbocycles. The molecule has 1 atom stereocenters. The fourth-order valence-electron chi connectivity index (χ4n) is 4.69. The van der Waals surface area contributed by atoms with Crippen LogP contribution in [0.1, 0.15) is 41.4 Å². The second kappa shape index (κ2) is 8.20. The van der Waals surface area contributed by atoms with Crippen LogP contribution in [-0.4, -0.2) is 58.9 Å². The largest absolute Gasteiger partial charge is 0.465 e. The van der Waals surface area contributed by atoms with Gasteiger partial charge in [-0.15, -0.1) is 0 Å². The molecule has 164 valence electrons. The Morgan fingerprint density at radius 3 is 2.47 bits per heavy atom. The van der Waals surface area contributed by atoms with E-state index in [9.17, 15) is 14.4 Å². The van der Waals surface area contributed by atoms with Crippen LogP contribution in [0.5, 0.6) is 0 Å². The predicted molar refractivity (Wildman–Crippen MR) is 118 cm³/mol. The maximum absolute atomic E-state index is 13.1. The van der Waals surface area contributed by atoms with Crippen molar-refractivity contribution in [3.63, 3.8) is 0 Å². The Morgan fingerprint density at radius 2 is 1.78 bits per heavy atom. The van der Waals surface area contributed by atoms with E-state index in [0.29, 0.717) is 17.2 Å². The summed E-state index contributed by atoms with van der Waals surface area (Å²) in [5.41, 5.74) is 2.86. The number of aromatic amines is 1. The number of hydrogen-bond donors (Lipinski definition) is 1. The minimum Gasteiger partial charge on any atom is -0.465 e. The molecule has 0 saturated carbocycles. The van der Waals surface area contributed by atoms with E-state index in [4.69, 9.17) is 9.72 Å². The van der Waals surface area contributed by atoms with E-state index in [1.807, 2.05) is 24.3 Å². The summed E-state index contributed by atoms with van der Waals surface area (Å²) in [6.07, 6.45) is 1.93. The van der Waals surface area contributed by atoms with Gasteiger partial charge < -0.3 is 9.72 Å². The molecule has 32 heavy (non-hydrogen) atoms. The minimum atomic E-state index is -0.458. The monoisotopic (exact) mass is 432 g/mol. The maximum atomic E-state index is 13.1. The molecule has 0 bridgehead atoms.